The van der Waals surface area contributed by atoms with E-state index in [1.165, 1.54) is 35.6 Å². The molecule has 24 heavy (non-hydrogen) atoms. The molecule has 3 N–H and O–H groups in total. The first-order valence-corrected chi connectivity index (χ1v) is 8.54. The summed E-state index contributed by atoms with van der Waals surface area (Å²) in [6, 6.07) is 5.26. The molecule has 0 spiro atoms. The van der Waals surface area contributed by atoms with Gasteiger partial charge < -0.3 is 11.1 Å². The fraction of sp³-hybridized carbons (Fsp3) is 0.294. The van der Waals surface area contributed by atoms with Crippen LogP contribution in [-0.2, 0) is 13.0 Å². The molecule has 0 atom stereocenters. The van der Waals surface area contributed by atoms with Crippen LogP contribution in [0.4, 0.5) is 9.39 Å². The lowest BCUT2D eigenvalue weighted by Crippen LogP contribution is -2.30. The number of halogens is 1. The van der Waals surface area contributed by atoms with Gasteiger partial charge in [-0.05, 0) is 42.8 Å². The lowest BCUT2D eigenvalue weighted by atomic mass is 10.0. The van der Waals surface area contributed by atoms with Crippen molar-refractivity contribution in [1.29, 1.82) is 0 Å². The number of thiophene rings is 1. The van der Waals surface area contributed by atoms with E-state index in [1.54, 1.807) is 0 Å². The molecule has 0 unspecified atom stereocenters. The Morgan fingerprint density at radius 1 is 1.33 bits per heavy atom. The summed E-state index contributed by atoms with van der Waals surface area (Å²) in [5.41, 5.74) is 7.21. The summed E-state index contributed by atoms with van der Waals surface area (Å²) in [5, 5.41) is 3.23. The summed E-state index contributed by atoms with van der Waals surface area (Å²) in [6.45, 7) is 4.64. The summed E-state index contributed by atoms with van der Waals surface area (Å²) in [5.74, 6) is -1.33. The first kappa shape index (κ1) is 16.6. The number of rotatable bonds is 4. The Balaban J connectivity index is 1.90. The predicted octanol–water partition coefficient (Wildman–Crippen LogP) is 2.62. The van der Waals surface area contributed by atoms with Crippen molar-refractivity contribution in [3.05, 3.63) is 51.7 Å². The predicted molar refractivity (Wildman–Crippen MR) is 91.8 cm³/mol. The third-order valence-electron chi connectivity index (χ3n) is 4.16. The highest BCUT2D eigenvalue weighted by Gasteiger charge is 2.27. The van der Waals surface area contributed by atoms with E-state index in [0.29, 0.717) is 16.1 Å². The van der Waals surface area contributed by atoms with Gasteiger partial charge in [-0.2, -0.15) is 0 Å². The molecule has 0 saturated carbocycles. The summed E-state index contributed by atoms with van der Waals surface area (Å²) < 4.78 is 13.0. The molecule has 3 rings (SSSR count). The van der Waals surface area contributed by atoms with Crippen LogP contribution in [0.2, 0.25) is 0 Å². The molecule has 0 fully saturated rings. The molecule has 0 bridgehead atoms. The average Bonchev–Trinajstić information content (AvgIpc) is 2.92. The fourth-order valence-corrected chi connectivity index (χ4v) is 4.14. The second-order valence-corrected chi connectivity index (χ2v) is 6.76. The molecule has 2 aromatic rings. The highest BCUT2D eigenvalue weighted by Crippen LogP contribution is 2.37. The summed E-state index contributed by atoms with van der Waals surface area (Å²) >= 11 is 1.39. The van der Waals surface area contributed by atoms with Crippen LogP contribution in [0.1, 0.15) is 38.1 Å². The molecule has 0 saturated heterocycles. The van der Waals surface area contributed by atoms with Gasteiger partial charge in [0.05, 0.1) is 5.56 Å². The number of anilines is 1. The minimum Gasteiger partial charge on any atom is -0.365 e. The maximum Gasteiger partial charge on any atom is 0.256 e. The number of fused-ring (bicyclic) bond motifs is 1. The lowest BCUT2D eigenvalue weighted by Gasteiger charge is -2.25. The zero-order valence-corrected chi connectivity index (χ0v) is 14.1. The summed E-state index contributed by atoms with van der Waals surface area (Å²) in [6.07, 6.45) is 0.740. The Morgan fingerprint density at radius 3 is 2.67 bits per heavy atom. The van der Waals surface area contributed by atoms with E-state index < -0.39 is 11.7 Å². The van der Waals surface area contributed by atoms with Gasteiger partial charge in [-0.15, -0.1) is 11.3 Å². The molecule has 1 aliphatic heterocycles. The first-order chi connectivity index (χ1) is 11.5. The van der Waals surface area contributed by atoms with Crippen LogP contribution in [0.3, 0.4) is 0 Å². The number of amides is 2. The number of primary amides is 1. The van der Waals surface area contributed by atoms with E-state index >= 15 is 0 Å². The molecule has 1 aromatic heterocycles. The quantitative estimate of drug-likeness (QED) is 0.893. The number of likely N-dealkylation sites (N-methyl/N-ethyl adjacent to an activating group) is 1. The van der Waals surface area contributed by atoms with Crippen molar-refractivity contribution >= 4 is 28.2 Å². The number of benzene rings is 1. The van der Waals surface area contributed by atoms with Gasteiger partial charge in [0, 0.05) is 23.5 Å². The van der Waals surface area contributed by atoms with Crippen molar-refractivity contribution in [1.82, 2.24) is 4.90 Å². The lowest BCUT2D eigenvalue weighted by molar-refractivity contribution is 0.1000. The van der Waals surface area contributed by atoms with Gasteiger partial charge in [-0.25, -0.2) is 4.39 Å². The van der Waals surface area contributed by atoms with Crippen LogP contribution < -0.4 is 11.1 Å². The highest BCUT2D eigenvalue weighted by atomic mass is 32.1. The third kappa shape index (κ3) is 3.18. The van der Waals surface area contributed by atoms with Crippen molar-refractivity contribution in [3.8, 4) is 0 Å². The maximum absolute atomic E-state index is 13.0. The van der Waals surface area contributed by atoms with E-state index in [2.05, 4.69) is 17.1 Å². The Bertz CT molecular complexity index is 786. The molecule has 0 aliphatic carbocycles. The zero-order valence-electron chi connectivity index (χ0n) is 13.3. The summed E-state index contributed by atoms with van der Waals surface area (Å²) in [7, 11) is 0. The van der Waals surface area contributed by atoms with Gasteiger partial charge in [-0.3, -0.25) is 14.5 Å². The van der Waals surface area contributed by atoms with Crippen LogP contribution in [0.5, 0.6) is 0 Å². The minimum atomic E-state index is -0.535. The number of hydrogen-bond acceptors (Lipinski definition) is 4. The highest BCUT2D eigenvalue weighted by molar-refractivity contribution is 7.17. The Hall–Kier alpha value is -2.25. The topological polar surface area (TPSA) is 75.4 Å². The van der Waals surface area contributed by atoms with Gasteiger partial charge in [-0.1, -0.05) is 6.92 Å². The third-order valence-corrected chi connectivity index (χ3v) is 5.30. The molecule has 2 heterocycles. The second-order valence-electron chi connectivity index (χ2n) is 5.65. The largest absolute Gasteiger partial charge is 0.365 e. The van der Waals surface area contributed by atoms with Gasteiger partial charge in [0.15, 0.2) is 0 Å². The molecular weight excluding hydrogens is 329 g/mol. The fourth-order valence-electron chi connectivity index (χ4n) is 2.85. The molecular formula is C17H18FN3O2S. The first-order valence-electron chi connectivity index (χ1n) is 7.73. The summed E-state index contributed by atoms with van der Waals surface area (Å²) in [4.78, 5) is 27.6. The normalized spacial score (nSPS) is 14.2. The van der Waals surface area contributed by atoms with Crippen molar-refractivity contribution in [2.24, 2.45) is 5.73 Å². The van der Waals surface area contributed by atoms with Crippen molar-refractivity contribution < 1.29 is 14.0 Å². The molecule has 1 aromatic carbocycles. The van der Waals surface area contributed by atoms with Crippen LogP contribution in [0, 0.1) is 5.82 Å². The van der Waals surface area contributed by atoms with Crippen LogP contribution in [-0.4, -0.2) is 29.8 Å². The molecule has 5 nitrogen and oxygen atoms in total. The van der Waals surface area contributed by atoms with Gasteiger partial charge in [0.2, 0.25) is 0 Å². The number of carbonyl (C=O) groups excluding carboxylic acids is 2. The second kappa shape index (κ2) is 6.70. The van der Waals surface area contributed by atoms with Crippen molar-refractivity contribution in [2.45, 2.75) is 19.9 Å². The van der Waals surface area contributed by atoms with Gasteiger partial charge >= 0.3 is 0 Å². The minimum absolute atomic E-state index is 0.327. The van der Waals surface area contributed by atoms with Crippen molar-refractivity contribution in [3.63, 3.8) is 0 Å². The Kier molecular flexibility index (Phi) is 4.64. The van der Waals surface area contributed by atoms with E-state index in [-0.39, 0.29) is 5.91 Å². The van der Waals surface area contributed by atoms with Crippen LogP contribution in [0.15, 0.2) is 24.3 Å². The smallest absolute Gasteiger partial charge is 0.256 e. The van der Waals surface area contributed by atoms with E-state index in [9.17, 15) is 14.0 Å². The maximum atomic E-state index is 13.0. The SMILES string of the molecule is CCN1CCc2c(sc(NC(=O)c3ccc(F)cc3)c2C(N)=O)C1. The van der Waals surface area contributed by atoms with Gasteiger partial charge in [0.25, 0.3) is 11.8 Å². The van der Waals surface area contributed by atoms with E-state index in [0.717, 1.165) is 36.5 Å². The number of carbonyl (C=O) groups is 2. The standard InChI is InChI=1S/C17H18FN3O2S/c1-2-21-8-7-12-13(9-21)24-17(14(12)15(19)22)20-16(23)10-3-5-11(18)6-4-10/h3-6H,2,7-9H2,1H3,(H2,19,22)(H,20,23). The molecule has 0 radical (unpaired) electrons. The number of hydrogen-bond donors (Lipinski definition) is 2. The molecule has 1 aliphatic rings. The Labute approximate surface area is 143 Å². The number of nitrogens with zero attached hydrogens (tertiary/aromatic N) is 1. The van der Waals surface area contributed by atoms with Crippen LogP contribution >= 0.6 is 11.3 Å². The molecule has 7 heteroatoms. The van der Waals surface area contributed by atoms with E-state index in [4.69, 9.17) is 5.73 Å². The van der Waals surface area contributed by atoms with E-state index in [1.807, 2.05) is 0 Å². The Morgan fingerprint density at radius 2 is 2.04 bits per heavy atom. The average molecular weight is 347 g/mol. The van der Waals surface area contributed by atoms with Crippen LogP contribution in [0.25, 0.3) is 0 Å². The van der Waals surface area contributed by atoms with Gasteiger partial charge in [0.1, 0.15) is 10.8 Å². The molecule has 2 amide bonds. The monoisotopic (exact) mass is 347 g/mol. The molecule has 126 valence electrons. The zero-order chi connectivity index (χ0) is 17.3. The van der Waals surface area contributed by atoms with Crippen molar-refractivity contribution in [2.75, 3.05) is 18.4 Å². The number of nitrogens with one attached hydrogen (secondary N) is 1. The number of nitrogens with two attached hydrogens (primary N) is 1.